The van der Waals surface area contributed by atoms with Crippen molar-refractivity contribution in [1.82, 2.24) is 9.78 Å². The molecule has 0 spiro atoms. The van der Waals surface area contributed by atoms with E-state index >= 15 is 0 Å². The van der Waals surface area contributed by atoms with Crippen LogP contribution in [0.5, 0.6) is 0 Å². The van der Waals surface area contributed by atoms with Gasteiger partial charge in [-0.05, 0) is 43.3 Å². The molecule has 0 radical (unpaired) electrons. The van der Waals surface area contributed by atoms with Gasteiger partial charge in [0.1, 0.15) is 0 Å². The Hall–Kier alpha value is -4.47. The van der Waals surface area contributed by atoms with Gasteiger partial charge < -0.3 is 10.6 Å². The average molecular weight is 480 g/mol. The molecule has 0 aliphatic heterocycles. The van der Waals surface area contributed by atoms with E-state index in [2.05, 4.69) is 15.7 Å². The lowest BCUT2D eigenvalue weighted by molar-refractivity contribution is -0.137. The molecular weight excluding hydrogens is 461 g/mol. The third kappa shape index (κ3) is 4.91. The molecule has 0 bridgehead atoms. The number of benzene rings is 3. The highest BCUT2D eigenvalue weighted by atomic mass is 19.4. The van der Waals surface area contributed by atoms with Crippen LogP contribution in [0.15, 0.2) is 77.6 Å². The van der Waals surface area contributed by atoms with Crippen molar-refractivity contribution < 1.29 is 22.8 Å². The molecule has 4 aromatic rings. The van der Waals surface area contributed by atoms with E-state index in [9.17, 15) is 27.6 Å². The van der Waals surface area contributed by atoms with Crippen LogP contribution in [0.25, 0.3) is 10.8 Å². The number of carbonyl (C=O) groups excluding carboxylic acids is 2. The highest BCUT2D eigenvalue weighted by molar-refractivity contribution is 6.15. The van der Waals surface area contributed by atoms with Gasteiger partial charge in [-0.3, -0.25) is 14.4 Å². The van der Waals surface area contributed by atoms with Crippen molar-refractivity contribution in [3.05, 3.63) is 100.0 Å². The van der Waals surface area contributed by atoms with Crippen LogP contribution in [0, 0.1) is 0 Å². The normalized spacial score (nSPS) is 11.3. The quantitative estimate of drug-likeness (QED) is 0.423. The minimum atomic E-state index is -4.56. The summed E-state index contributed by atoms with van der Waals surface area (Å²) in [5, 5.41) is 9.91. The van der Waals surface area contributed by atoms with Crippen LogP contribution < -0.4 is 16.2 Å². The van der Waals surface area contributed by atoms with Crippen molar-refractivity contribution in [2.45, 2.75) is 19.6 Å². The van der Waals surface area contributed by atoms with E-state index in [1.54, 1.807) is 43.3 Å². The van der Waals surface area contributed by atoms with Gasteiger partial charge in [-0.15, -0.1) is 0 Å². The molecule has 178 valence electrons. The number of hydrogen-bond donors (Lipinski definition) is 2. The Balaban J connectivity index is 1.65. The summed E-state index contributed by atoms with van der Waals surface area (Å²) >= 11 is 0. The van der Waals surface area contributed by atoms with Crippen molar-refractivity contribution in [3.8, 4) is 0 Å². The smallest absolute Gasteiger partial charge is 0.322 e. The molecule has 0 unspecified atom stereocenters. The molecule has 0 aliphatic carbocycles. The summed E-state index contributed by atoms with van der Waals surface area (Å²) in [6.45, 7) is 1.97. The van der Waals surface area contributed by atoms with Crippen molar-refractivity contribution in [2.24, 2.45) is 0 Å². The molecule has 2 amide bonds. The van der Waals surface area contributed by atoms with Gasteiger partial charge in [0, 0.05) is 17.6 Å². The minimum Gasteiger partial charge on any atom is -0.322 e. The van der Waals surface area contributed by atoms with Crippen LogP contribution in [-0.2, 0) is 12.7 Å². The van der Waals surface area contributed by atoms with E-state index in [1.165, 1.54) is 28.9 Å². The number of nitrogens with zero attached hydrogens (tertiary/aromatic N) is 2. The minimum absolute atomic E-state index is 0.00450. The highest BCUT2D eigenvalue weighted by Gasteiger charge is 2.30. The second-order valence-corrected chi connectivity index (χ2v) is 7.55. The third-order valence-corrected chi connectivity index (χ3v) is 5.25. The van der Waals surface area contributed by atoms with Crippen molar-refractivity contribution >= 4 is 34.0 Å². The largest absolute Gasteiger partial charge is 0.416 e. The number of halogens is 3. The number of hydrogen-bond acceptors (Lipinski definition) is 4. The first-order chi connectivity index (χ1) is 16.7. The fourth-order valence-corrected chi connectivity index (χ4v) is 3.56. The number of alkyl halides is 3. The molecule has 0 fully saturated rings. The second kappa shape index (κ2) is 9.41. The maximum Gasteiger partial charge on any atom is 0.416 e. The standard InChI is InChI=1S/C25H19F3N4O3/c1-2-32-24(35)18-11-4-3-10-17(18)21(31-32)23(34)30-20-13-6-5-12-19(20)22(33)29-16-9-7-8-15(14-16)25(26,27)28/h3-14H,2H2,1H3,(H,29,33)(H,30,34). The predicted molar refractivity (Wildman–Crippen MR) is 125 cm³/mol. The van der Waals surface area contributed by atoms with Gasteiger partial charge >= 0.3 is 6.18 Å². The van der Waals surface area contributed by atoms with Crippen LogP contribution >= 0.6 is 0 Å². The number of para-hydroxylation sites is 1. The summed E-state index contributed by atoms with van der Waals surface area (Å²) in [5.41, 5.74) is -1.13. The van der Waals surface area contributed by atoms with Gasteiger partial charge in [0.25, 0.3) is 17.4 Å². The van der Waals surface area contributed by atoms with E-state index < -0.39 is 23.6 Å². The zero-order chi connectivity index (χ0) is 25.2. The lowest BCUT2D eigenvalue weighted by Crippen LogP contribution is -2.27. The average Bonchev–Trinajstić information content (AvgIpc) is 2.84. The maximum atomic E-state index is 13.1. The van der Waals surface area contributed by atoms with Crippen LogP contribution in [0.3, 0.4) is 0 Å². The molecule has 35 heavy (non-hydrogen) atoms. The van der Waals surface area contributed by atoms with Crippen LogP contribution in [0.4, 0.5) is 24.5 Å². The predicted octanol–water partition coefficient (Wildman–Crippen LogP) is 4.94. The summed E-state index contributed by atoms with van der Waals surface area (Å²) in [5.74, 6) is -1.36. The van der Waals surface area contributed by atoms with Crippen molar-refractivity contribution in [3.63, 3.8) is 0 Å². The molecule has 2 N–H and O–H groups in total. The Labute approximate surface area is 197 Å². The van der Waals surface area contributed by atoms with Gasteiger partial charge in [0.2, 0.25) is 0 Å². The molecule has 0 atom stereocenters. The molecule has 7 nitrogen and oxygen atoms in total. The zero-order valence-electron chi connectivity index (χ0n) is 18.4. The first kappa shape index (κ1) is 23.7. The second-order valence-electron chi connectivity index (χ2n) is 7.55. The fourth-order valence-electron chi connectivity index (χ4n) is 3.56. The Kier molecular flexibility index (Phi) is 6.37. The molecule has 0 saturated heterocycles. The van der Waals surface area contributed by atoms with E-state index in [0.717, 1.165) is 12.1 Å². The van der Waals surface area contributed by atoms with Gasteiger partial charge in [-0.25, -0.2) is 4.68 Å². The zero-order valence-corrected chi connectivity index (χ0v) is 18.4. The Morgan fingerprint density at radius 2 is 1.57 bits per heavy atom. The molecule has 1 heterocycles. The monoisotopic (exact) mass is 480 g/mol. The topological polar surface area (TPSA) is 93.1 Å². The number of rotatable bonds is 5. The van der Waals surface area contributed by atoms with E-state index in [0.29, 0.717) is 10.8 Å². The summed E-state index contributed by atoms with van der Waals surface area (Å²) < 4.78 is 40.2. The van der Waals surface area contributed by atoms with Crippen LogP contribution in [0.1, 0.15) is 33.3 Å². The van der Waals surface area contributed by atoms with Crippen molar-refractivity contribution in [1.29, 1.82) is 0 Å². The van der Waals surface area contributed by atoms with Gasteiger partial charge in [-0.1, -0.05) is 36.4 Å². The number of anilines is 2. The van der Waals surface area contributed by atoms with Gasteiger partial charge in [0.15, 0.2) is 5.69 Å². The van der Waals surface area contributed by atoms with Crippen LogP contribution in [-0.4, -0.2) is 21.6 Å². The number of carbonyl (C=O) groups is 2. The van der Waals surface area contributed by atoms with Gasteiger partial charge in [0.05, 0.1) is 22.2 Å². The summed E-state index contributed by atoms with van der Waals surface area (Å²) in [7, 11) is 0. The Morgan fingerprint density at radius 1 is 0.886 bits per heavy atom. The number of fused-ring (bicyclic) bond motifs is 1. The number of amides is 2. The highest BCUT2D eigenvalue weighted by Crippen LogP contribution is 2.31. The molecule has 3 aromatic carbocycles. The Bertz CT molecular complexity index is 1500. The Morgan fingerprint density at radius 3 is 2.29 bits per heavy atom. The summed E-state index contributed by atoms with van der Waals surface area (Å²) in [6.07, 6.45) is -4.56. The fraction of sp³-hybridized carbons (Fsp3) is 0.120. The molecule has 10 heteroatoms. The van der Waals surface area contributed by atoms with Crippen LogP contribution in [0.2, 0.25) is 0 Å². The maximum absolute atomic E-state index is 13.1. The summed E-state index contributed by atoms with van der Waals surface area (Å²) in [4.78, 5) is 38.6. The van der Waals surface area contributed by atoms with E-state index in [4.69, 9.17) is 0 Å². The van der Waals surface area contributed by atoms with E-state index in [1.807, 2.05) is 0 Å². The molecule has 0 aliphatic rings. The molecule has 4 rings (SSSR count). The SMILES string of the molecule is CCn1nc(C(=O)Nc2ccccc2C(=O)Nc2cccc(C(F)(F)F)c2)c2ccccc2c1=O. The molecule has 0 saturated carbocycles. The molecular formula is C25H19F3N4O3. The summed E-state index contributed by atoms with van der Waals surface area (Å²) in [6, 6.07) is 16.9. The number of aryl methyl sites for hydroxylation is 1. The number of nitrogens with one attached hydrogen (secondary N) is 2. The molecule has 1 aromatic heterocycles. The third-order valence-electron chi connectivity index (χ3n) is 5.25. The first-order valence-corrected chi connectivity index (χ1v) is 10.6. The van der Waals surface area contributed by atoms with Gasteiger partial charge in [-0.2, -0.15) is 18.3 Å². The van der Waals surface area contributed by atoms with Crippen molar-refractivity contribution in [2.75, 3.05) is 10.6 Å². The lowest BCUT2D eigenvalue weighted by atomic mass is 10.1. The first-order valence-electron chi connectivity index (χ1n) is 10.6. The van der Waals surface area contributed by atoms with E-state index in [-0.39, 0.29) is 34.7 Å². The number of aromatic nitrogens is 2. The lowest BCUT2D eigenvalue weighted by Gasteiger charge is -2.14.